The maximum atomic E-state index is 13.7. The molecule has 0 spiro atoms. The van der Waals surface area contributed by atoms with Crippen LogP contribution in [0, 0.1) is 12.7 Å². The van der Waals surface area contributed by atoms with Gasteiger partial charge in [0.05, 0.1) is 17.0 Å². The number of nitrogens with one attached hydrogen (secondary N) is 1. The van der Waals surface area contributed by atoms with E-state index in [-0.39, 0.29) is 29.7 Å². The second-order valence-electron chi connectivity index (χ2n) is 7.66. The molecular formula is C25H20F3N5O3. The van der Waals surface area contributed by atoms with Gasteiger partial charge >= 0.3 is 5.97 Å². The first-order chi connectivity index (χ1) is 17.3. The van der Waals surface area contributed by atoms with Gasteiger partial charge in [-0.25, -0.2) is 18.2 Å². The van der Waals surface area contributed by atoms with Crippen LogP contribution in [-0.2, 0) is 11.4 Å². The minimum atomic E-state index is -2.83. The van der Waals surface area contributed by atoms with Crippen molar-refractivity contribution in [2.24, 2.45) is 0 Å². The molecule has 0 saturated carbocycles. The van der Waals surface area contributed by atoms with E-state index in [4.69, 9.17) is 9.84 Å². The van der Waals surface area contributed by atoms with Crippen LogP contribution in [-0.4, -0.2) is 37.6 Å². The van der Waals surface area contributed by atoms with Crippen molar-refractivity contribution in [3.05, 3.63) is 83.7 Å². The number of carbonyl (C=O) groups is 1. The second kappa shape index (κ2) is 10.8. The first-order valence-corrected chi connectivity index (χ1v) is 10.7. The molecule has 4 rings (SSSR count). The van der Waals surface area contributed by atoms with Gasteiger partial charge in [0.25, 0.3) is 6.43 Å². The highest BCUT2D eigenvalue weighted by atomic mass is 19.3. The molecule has 184 valence electrons. The predicted molar refractivity (Wildman–Crippen MR) is 125 cm³/mol. The van der Waals surface area contributed by atoms with E-state index in [9.17, 15) is 18.0 Å². The Balaban J connectivity index is 1.93. The smallest absolute Gasteiger partial charge is 0.322 e. The summed E-state index contributed by atoms with van der Waals surface area (Å²) in [6.07, 6.45) is -1.24. The number of carboxylic acids is 1. The molecule has 4 aromatic rings. The molecule has 1 aromatic carbocycles. The van der Waals surface area contributed by atoms with Gasteiger partial charge in [-0.15, -0.1) is 0 Å². The van der Waals surface area contributed by atoms with Crippen molar-refractivity contribution in [3.63, 3.8) is 0 Å². The zero-order valence-corrected chi connectivity index (χ0v) is 19.0. The van der Waals surface area contributed by atoms with Crippen molar-refractivity contribution < 1.29 is 27.8 Å². The number of aromatic nitrogens is 4. The van der Waals surface area contributed by atoms with Crippen LogP contribution >= 0.6 is 0 Å². The van der Waals surface area contributed by atoms with Crippen LogP contribution in [0.4, 0.5) is 19.1 Å². The number of hydrogen-bond donors (Lipinski definition) is 2. The lowest BCUT2D eigenvalue weighted by molar-refractivity contribution is -0.134. The fraction of sp³-hybridized carbons (Fsp3) is 0.160. The molecule has 0 aliphatic carbocycles. The molecule has 0 aliphatic rings. The summed E-state index contributed by atoms with van der Waals surface area (Å²) in [5.74, 6) is -1.71. The Bertz CT molecular complexity index is 1370. The topological polar surface area (TPSA) is 110 Å². The van der Waals surface area contributed by atoms with Gasteiger partial charge in [0.2, 0.25) is 11.8 Å². The molecule has 0 aliphatic heterocycles. The Kier molecular flexibility index (Phi) is 7.38. The Morgan fingerprint density at radius 3 is 2.50 bits per heavy atom. The fourth-order valence-corrected chi connectivity index (χ4v) is 3.43. The second-order valence-corrected chi connectivity index (χ2v) is 7.66. The third-order valence-electron chi connectivity index (χ3n) is 4.96. The average Bonchev–Trinajstić information content (AvgIpc) is 2.86. The van der Waals surface area contributed by atoms with E-state index in [1.54, 1.807) is 37.4 Å². The minimum absolute atomic E-state index is 0.00585. The SMILES string of the molecule is Cc1cc(-c2c(OCc3ccccn3)nc(NCC(=O)O)nc2-c2ccc(F)cc2)cc(C(F)F)n1. The van der Waals surface area contributed by atoms with Gasteiger partial charge in [0, 0.05) is 17.5 Å². The molecule has 2 N–H and O–H groups in total. The number of nitrogens with zero attached hydrogens (tertiary/aromatic N) is 4. The van der Waals surface area contributed by atoms with Crippen LogP contribution in [0.15, 0.2) is 60.8 Å². The lowest BCUT2D eigenvalue weighted by atomic mass is 9.99. The van der Waals surface area contributed by atoms with Crippen LogP contribution in [0.3, 0.4) is 0 Å². The number of pyridine rings is 2. The summed E-state index contributed by atoms with van der Waals surface area (Å²) in [6.45, 7) is 1.08. The Labute approximate surface area is 203 Å². The van der Waals surface area contributed by atoms with Gasteiger partial charge in [-0.1, -0.05) is 6.07 Å². The van der Waals surface area contributed by atoms with Crippen molar-refractivity contribution in [3.8, 4) is 28.3 Å². The van der Waals surface area contributed by atoms with Gasteiger partial charge in [-0.3, -0.25) is 14.8 Å². The maximum absolute atomic E-state index is 13.7. The predicted octanol–water partition coefficient (Wildman–Crippen LogP) is 5.06. The number of anilines is 1. The number of carboxylic acid groups (broad SMARTS) is 1. The molecule has 0 amide bonds. The summed E-state index contributed by atoms with van der Waals surface area (Å²) in [5.41, 5.74) is 1.67. The molecule has 0 atom stereocenters. The van der Waals surface area contributed by atoms with Gasteiger partial charge in [0.1, 0.15) is 24.7 Å². The molecule has 8 nitrogen and oxygen atoms in total. The molecule has 0 saturated heterocycles. The van der Waals surface area contributed by atoms with E-state index in [0.717, 1.165) is 0 Å². The Morgan fingerprint density at radius 1 is 1.06 bits per heavy atom. The Morgan fingerprint density at radius 2 is 1.83 bits per heavy atom. The number of aryl methyl sites for hydroxylation is 1. The molecule has 36 heavy (non-hydrogen) atoms. The van der Waals surface area contributed by atoms with E-state index >= 15 is 0 Å². The highest BCUT2D eigenvalue weighted by Gasteiger charge is 2.22. The van der Waals surface area contributed by atoms with Crippen molar-refractivity contribution in [1.82, 2.24) is 19.9 Å². The summed E-state index contributed by atoms with van der Waals surface area (Å²) in [6, 6.07) is 13.4. The number of benzene rings is 1. The van der Waals surface area contributed by atoms with Crippen LogP contribution in [0.1, 0.15) is 23.5 Å². The number of aliphatic carboxylic acids is 1. The first-order valence-electron chi connectivity index (χ1n) is 10.7. The number of ether oxygens (including phenoxy) is 1. The summed E-state index contributed by atoms with van der Waals surface area (Å²) in [5, 5.41) is 11.7. The highest BCUT2D eigenvalue weighted by Crippen LogP contribution is 2.39. The monoisotopic (exact) mass is 495 g/mol. The van der Waals surface area contributed by atoms with Gasteiger partial charge in [-0.2, -0.15) is 4.98 Å². The minimum Gasteiger partial charge on any atom is -0.480 e. The lowest BCUT2D eigenvalue weighted by Crippen LogP contribution is -2.15. The number of alkyl halides is 2. The van der Waals surface area contributed by atoms with Crippen LogP contribution in [0.25, 0.3) is 22.4 Å². The molecule has 0 bridgehead atoms. The third-order valence-corrected chi connectivity index (χ3v) is 4.96. The summed E-state index contributed by atoms with van der Waals surface area (Å²) < 4.78 is 46.8. The maximum Gasteiger partial charge on any atom is 0.322 e. The van der Waals surface area contributed by atoms with Gasteiger partial charge < -0.3 is 15.2 Å². The van der Waals surface area contributed by atoms with Crippen molar-refractivity contribution in [2.45, 2.75) is 20.0 Å². The van der Waals surface area contributed by atoms with Crippen molar-refractivity contribution in [2.75, 3.05) is 11.9 Å². The molecule has 11 heteroatoms. The largest absolute Gasteiger partial charge is 0.480 e. The molecule has 3 heterocycles. The van der Waals surface area contributed by atoms with Crippen molar-refractivity contribution in [1.29, 1.82) is 0 Å². The first kappa shape index (κ1) is 24.6. The van der Waals surface area contributed by atoms with E-state index in [2.05, 4.69) is 25.3 Å². The zero-order valence-electron chi connectivity index (χ0n) is 19.0. The summed E-state index contributed by atoms with van der Waals surface area (Å²) in [7, 11) is 0. The van der Waals surface area contributed by atoms with E-state index in [0.29, 0.717) is 22.5 Å². The molecular weight excluding hydrogens is 475 g/mol. The molecule has 3 aromatic heterocycles. The van der Waals surface area contributed by atoms with E-state index < -0.39 is 30.5 Å². The third kappa shape index (κ3) is 5.93. The average molecular weight is 495 g/mol. The van der Waals surface area contributed by atoms with E-state index in [1.807, 2.05) is 0 Å². The van der Waals surface area contributed by atoms with Crippen LogP contribution in [0.2, 0.25) is 0 Å². The number of hydrogen-bond acceptors (Lipinski definition) is 7. The molecule has 0 fully saturated rings. The van der Waals surface area contributed by atoms with Crippen molar-refractivity contribution >= 4 is 11.9 Å². The standard InChI is InChI=1S/C25H20F3N5O3/c1-14-10-16(11-19(31-14)23(27)28)21-22(15-5-7-17(26)8-6-15)32-25(30-12-20(34)35)33-24(21)36-13-18-4-2-3-9-29-18/h2-11,23H,12-13H2,1H3,(H,34,35)(H,30,32,33). The molecule has 0 unspecified atom stereocenters. The zero-order chi connectivity index (χ0) is 25.7. The summed E-state index contributed by atoms with van der Waals surface area (Å²) >= 11 is 0. The van der Waals surface area contributed by atoms with Gasteiger partial charge in [0.15, 0.2) is 0 Å². The number of rotatable bonds is 9. The summed E-state index contributed by atoms with van der Waals surface area (Å²) in [4.78, 5) is 28.0. The molecule has 0 radical (unpaired) electrons. The van der Waals surface area contributed by atoms with E-state index in [1.165, 1.54) is 30.3 Å². The van der Waals surface area contributed by atoms with Crippen LogP contribution < -0.4 is 10.1 Å². The number of halogens is 3. The Hall–Kier alpha value is -4.54. The highest BCUT2D eigenvalue weighted by molar-refractivity contribution is 5.85. The normalized spacial score (nSPS) is 10.9. The quantitative estimate of drug-likeness (QED) is 0.332. The van der Waals surface area contributed by atoms with Crippen LogP contribution in [0.5, 0.6) is 5.88 Å². The lowest BCUT2D eigenvalue weighted by Gasteiger charge is -2.17. The van der Waals surface area contributed by atoms with Gasteiger partial charge in [-0.05, 0) is 61.0 Å². The fourth-order valence-electron chi connectivity index (χ4n) is 3.43.